The zero-order valence-corrected chi connectivity index (χ0v) is 25.5. The van der Waals surface area contributed by atoms with Gasteiger partial charge in [0.25, 0.3) is 0 Å². The third-order valence-corrected chi connectivity index (χ3v) is 6.33. The number of primary amides is 1. The molecule has 0 spiro atoms. The van der Waals surface area contributed by atoms with Gasteiger partial charge in [-0.3, -0.25) is 4.79 Å². The Hall–Kier alpha value is -3.69. The number of hydrogen-bond acceptors (Lipinski definition) is 7. The fraction of sp³-hybridized carbons (Fsp3) is 0.485. The second kappa shape index (κ2) is 20.2. The second-order valence-corrected chi connectivity index (χ2v) is 10.8. The fourth-order valence-corrected chi connectivity index (χ4v) is 4.17. The van der Waals surface area contributed by atoms with E-state index in [1.165, 1.54) is 24.3 Å². The number of aliphatic hydroxyl groups excluding tert-OH is 2. The minimum atomic E-state index is -1.11. The highest BCUT2D eigenvalue weighted by atomic mass is 16.6. The molecule has 42 heavy (non-hydrogen) atoms. The van der Waals surface area contributed by atoms with Gasteiger partial charge in [0.15, 0.2) is 0 Å². The smallest absolute Gasteiger partial charge is 0.404 e. The summed E-state index contributed by atoms with van der Waals surface area (Å²) >= 11 is 0. The van der Waals surface area contributed by atoms with Crippen molar-refractivity contribution in [3.05, 3.63) is 83.7 Å². The molecule has 0 bridgehead atoms. The Morgan fingerprint density at radius 3 is 2.57 bits per heavy atom. The lowest BCUT2D eigenvalue weighted by molar-refractivity contribution is -0.144. The van der Waals surface area contributed by atoms with Gasteiger partial charge in [-0.15, -0.1) is 0 Å². The first-order chi connectivity index (χ1) is 19.9. The molecule has 0 radical (unpaired) electrons. The first kappa shape index (κ1) is 36.3. The van der Waals surface area contributed by atoms with Crippen molar-refractivity contribution in [2.75, 3.05) is 0 Å². The van der Waals surface area contributed by atoms with Crippen LogP contribution >= 0.6 is 0 Å². The molecule has 0 aromatic rings. The molecule has 1 aliphatic heterocycles. The molecule has 0 unspecified atom stereocenters. The maximum atomic E-state index is 12.6. The Morgan fingerprint density at radius 1 is 1.14 bits per heavy atom. The van der Waals surface area contributed by atoms with Crippen LogP contribution in [0.25, 0.3) is 0 Å². The molecule has 0 aliphatic carbocycles. The SMILES string of the molecule is CC(C)=CC(=O)N/C=C/C(C)=C/[C@H](C)[C@H]1C/C(C)=C/C=C/CC[C@@H](OC(N)=O)[C@H](O)/C=C/[C@H](O)CCC/C=C/C(=O)O1. The van der Waals surface area contributed by atoms with Gasteiger partial charge in [0.05, 0.1) is 6.10 Å². The van der Waals surface area contributed by atoms with Gasteiger partial charge < -0.3 is 30.7 Å². The summed E-state index contributed by atoms with van der Waals surface area (Å²) in [6, 6.07) is 0. The lowest BCUT2D eigenvalue weighted by atomic mass is 9.95. The number of aliphatic hydroxyl groups is 2. The number of rotatable bonds is 6. The van der Waals surface area contributed by atoms with Crippen molar-refractivity contribution in [1.29, 1.82) is 0 Å². The number of esters is 1. The molecule has 5 atom stereocenters. The monoisotopic (exact) mass is 584 g/mol. The van der Waals surface area contributed by atoms with Gasteiger partial charge in [-0.25, -0.2) is 9.59 Å². The van der Waals surface area contributed by atoms with Crippen LogP contribution in [0.2, 0.25) is 0 Å². The van der Waals surface area contributed by atoms with Gasteiger partial charge in [0.1, 0.15) is 18.3 Å². The maximum Gasteiger partial charge on any atom is 0.404 e. The molecule has 232 valence electrons. The van der Waals surface area contributed by atoms with Crippen LogP contribution in [0, 0.1) is 5.92 Å². The van der Waals surface area contributed by atoms with Crippen LogP contribution < -0.4 is 11.1 Å². The highest BCUT2D eigenvalue weighted by Crippen LogP contribution is 2.21. The van der Waals surface area contributed by atoms with Crippen molar-refractivity contribution in [2.45, 2.75) is 97.6 Å². The van der Waals surface area contributed by atoms with E-state index in [-0.39, 0.29) is 11.8 Å². The van der Waals surface area contributed by atoms with Gasteiger partial charge in [-0.2, -0.15) is 0 Å². The van der Waals surface area contributed by atoms with E-state index < -0.39 is 36.5 Å². The number of carbonyl (C=O) groups excluding carboxylic acids is 3. The van der Waals surface area contributed by atoms with Crippen molar-refractivity contribution in [1.82, 2.24) is 5.32 Å². The third kappa shape index (κ3) is 17.2. The molecule has 0 aromatic carbocycles. The Balaban J connectivity index is 3.09. The Kier molecular flexibility index (Phi) is 17.5. The van der Waals surface area contributed by atoms with E-state index in [0.717, 1.165) is 16.7 Å². The Morgan fingerprint density at radius 2 is 1.88 bits per heavy atom. The van der Waals surface area contributed by atoms with Gasteiger partial charge in [0, 0.05) is 30.7 Å². The van der Waals surface area contributed by atoms with Gasteiger partial charge in [-0.1, -0.05) is 66.2 Å². The zero-order valence-electron chi connectivity index (χ0n) is 25.5. The number of allylic oxidation sites excluding steroid dienone is 7. The highest BCUT2D eigenvalue weighted by Gasteiger charge is 2.21. The van der Waals surface area contributed by atoms with Crippen LogP contribution in [0.15, 0.2) is 83.7 Å². The minimum Gasteiger partial charge on any atom is -0.458 e. The van der Waals surface area contributed by atoms with Crippen LogP contribution in [0.3, 0.4) is 0 Å². The standard InChI is InChI=1S/C33H48N2O7/c1-23(2)20-31(38)35-19-18-25(4)21-26(5)30-22-24(3)12-8-6-10-14-29(42-33(34)40)28(37)17-16-27(36)13-9-7-11-15-32(39)41-30/h6,8,11-12,15-21,26-30,36-37H,7,9-10,13-14,22H2,1-5H3,(H2,34,40)(H,35,38)/b8-6+,15-11+,17-16+,19-18+,24-12+,25-21+/t26-,27+,28+,29+,30+/m0/s1. The van der Waals surface area contributed by atoms with E-state index in [9.17, 15) is 24.6 Å². The zero-order chi connectivity index (χ0) is 31.5. The van der Waals surface area contributed by atoms with E-state index in [0.29, 0.717) is 38.5 Å². The second-order valence-electron chi connectivity index (χ2n) is 10.8. The third-order valence-electron chi connectivity index (χ3n) is 6.33. The van der Waals surface area contributed by atoms with Crippen molar-refractivity contribution in [3.8, 4) is 0 Å². The Labute approximate surface area is 250 Å². The first-order valence-electron chi connectivity index (χ1n) is 14.4. The lowest BCUT2D eigenvalue weighted by Gasteiger charge is -2.22. The molecular weight excluding hydrogens is 536 g/mol. The summed E-state index contributed by atoms with van der Waals surface area (Å²) < 4.78 is 10.9. The van der Waals surface area contributed by atoms with Gasteiger partial charge in [-0.05, 0) is 65.9 Å². The molecule has 0 aromatic heterocycles. The summed E-state index contributed by atoms with van der Waals surface area (Å²) in [5.41, 5.74) is 7.98. The number of hydrogen-bond donors (Lipinski definition) is 4. The summed E-state index contributed by atoms with van der Waals surface area (Å²) in [5, 5.41) is 23.4. The number of nitrogens with two attached hydrogens (primary N) is 1. The molecule has 0 saturated carbocycles. The normalized spacial score (nSPS) is 27.8. The van der Waals surface area contributed by atoms with E-state index >= 15 is 0 Å². The fourth-order valence-electron chi connectivity index (χ4n) is 4.17. The summed E-state index contributed by atoms with van der Waals surface area (Å²) in [4.78, 5) is 35.8. The van der Waals surface area contributed by atoms with Crippen molar-refractivity contribution >= 4 is 18.0 Å². The highest BCUT2D eigenvalue weighted by molar-refractivity contribution is 5.88. The van der Waals surface area contributed by atoms with E-state index in [2.05, 4.69) is 5.32 Å². The average Bonchev–Trinajstić information content (AvgIpc) is 2.89. The molecule has 0 fully saturated rings. The largest absolute Gasteiger partial charge is 0.458 e. The number of carbonyl (C=O) groups is 3. The Bertz CT molecular complexity index is 1090. The number of nitrogens with one attached hydrogen (secondary N) is 1. The molecule has 9 heteroatoms. The van der Waals surface area contributed by atoms with Crippen molar-refractivity contribution in [3.63, 3.8) is 0 Å². The summed E-state index contributed by atoms with van der Waals surface area (Å²) in [7, 11) is 0. The predicted molar refractivity (Wildman–Crippen MR) is 165 cm³/mol. The predicted octanol–water partition coefficient (Wildman–Crippen LogP) is 5.23. The molecule has 1 rings (SSSR count). The molecule has 2 amide bonds. The van der Waals surface area contributed by atoms with E-state index in [1.54, 1.807) is 18.4 Å². The van der Waals surface area contributed by atoms with Crippen LogP contribution in [0.1, 0.15) is 73.1 Å². The summed E-state index contributed by atoms with van der Waals surface area (Å²) in [6.45, 7) is 9.54. The van der Waals surface area contributed by atoms with E-state index in [4.69, 9.17) is 15.2 Å². The van der Waals surface area contributed by atoms with Crippen LogP contribution in [0.4, 0.5) is 4.79 Å². The van der Waals surface area contributed by atoms with Crippen LogP contribution in [0.5, 0.6) is 0 Å². The molecular formula is C33H48N2O7. The van der Waals surface area contributed by atoms with Gasteiger partial charge >= 0.3 is 12.1 Å². The van der Waals surface area contributed by atoms with E-state index in [1.807, 2.05) is 58.9 Å². The number of ether oxygens (including phenoxy) is 2. The molecule has 1 heterocycles. The summed E-state index contributed by atoms with van der Waals surface area (Å²) in [5.74, 6) is -0.764. The topological polar surface area (TPSA) is 148 Å². The summed E-state index contributed by atoms with van der Waals surface area (Å²) in [6.07, 6.45) is 17.3. The quantitative estimate of drug-likeness (QED) is 0.145. The molecule has 9 nitrogen and oxygen atoms in total. The number of amides is 2. The van der Waals surface area contributed by atoms with Crippen LogP contribution in [-0.2, 0) is 19.1 Å². The molecule has 0 saturated heterocycles. The lowest BCUT2D eigenvalue weighted by Crippen LogP contribution is -2.32. The molecule has 5 N–H and O–H groups in total. The van der Waals surface area contributed by atoms with Gasteiger partial charge in [0.2, 0.25) is 5.91 Å². The van der Waals surface area contributed by atoms with Crippen LogP contribution in [-0.4, -0.2) is 52.6 Å². The maximum absolute atomic E-state index is 12.6. The van der Waals surface area contributed by atoms with Crippen molar-refractivity contribution < 1.29 is 34.1 Å². The molecule has 1 aliphatic rings. The minimum absolute atomic E-state index is 0.124. The average molecular weight is 585 g/mol. The van der Waals surface area contributed by atoms with Crippen molar-refractivity contribution in [2.24, 2.45) is 11.7 Å². The first-order valence-corrected chi connectivity index (χ1v) is 14.4. The number of cyclic esters (lactones) is 1.